The summed E-state index contributed by atoms with van der Waals surface area (Å²) >= 11 is 0. The second-order valence-corrected chi connectivity index (χ2v) is 7.39. The van der Waals surface area contributed by atoms with Crippen molar-refractivity contribution < 1.29 is 23.9 Å². The lowest BCUT2D eigenvalue weighted by molar-refractivity contribution is 0.0696. The molecule has 1 aromatic heterocycles. The summed E-state index contributed by atoms with van der Waals surface area (Å²) in [7, 11) is 0. The maximum Gasteiger partial charge on any atom is 0.335 e. The van der Waals surface area contributed by atoms with E-state index < -0.39 is 23.8 Å². The molecule has 3 rings (SSSR count). The predicted molar refractivity (Wildman–Crippen MR) is 118 cm³/mol. The van der Waals surface area contributed by atoms with Crippen molar-refractivity contribution in [3.8, 4) is 0 Å². The van der Waals surface area contributed by atoms with Gasteiger partial charge in [0, 0.05) is 12.6 Å². The monoisotopic (exact) mass is 451 g/mol. The molecule has 0 saturated heterocycles. The number of hydrogen-bond acceptors (Lipinski definition) is 6. The van der Waals surface area contributed by atoms with Gasteiger partial charge in [0.1, 0.15) is 17.2 Å². The van der Waals surface area contributed by atoms with E-state index in [2.05, 4.69) is 20.6 Å². The van der Waals surface area contributed by atoms with Gasteiger partial charge in [-0.05, 0) is 48.7 Å². The molecule has 0 aliphatic carbocycles. The average molecular weight is 451 g/mol. The molecule has 0 fully saturated rings. The number of benzene rings is 2. The van der Waals surface area contributed by atoms with Gasteiger partial charge in [-0.15, -0.1) is 0 Å². The lowest BCUT2D eigenvalue weighted by atomic mass is 10.1. The summed E-state index contributed by atoms with van der Waals surface area (Å²) in [5.74, 6) is -2.78. The van der Waals surface area contributed by atoms with Crippen LogP contribution >= 0.6 is 0 Å². The largest absolute Gasteiger partial charge is 0.478 e. The summed E-state index contributed by atoms with van der Waals surface area (Å²) in [4.78, 5) is 43.9. The van der Waals surface area contributed by atoms with E-state index >= 15 is 0 Å². The maximum absolute atomic E-state index is 13.4. The first-order valence-electron chi connectivity index (χ1n) is 9.96. The van der Waals surface area contributed by atoms with Crippen LogP contribution in [0.5, 0.6) is 0 Å². The highest BCUT2D eigenvalue weighted by Gasteiger charge is 2.18. The fraction of sp³-hybridized carbons (Fsp3) is 0.174. The van der Waals surface area contributed by atoms with Crippen molar-refractivity contribution in [2.45, 2.75) is 26.4 Å². The molecular formula is C23H22FN5O4. The normalized spacial score (nSPS) is 11.5. The van der Waals surface area contributed by atoms with Crippen LogP contribution in [0.15, 0.2) is 48.5 Å². The minimum Gasteiger partial charge on any atom is -0.478 e. The number of halogens is 1. The number of nitrogens with one attached hydrogen (secondary N) is 2. The molecule has 2 amide bonds. The summed E-state index contributed by atoms with van der Waals surface area (Å²) in [5, 5.41) is 14.4. The highest BCUT2D eigenvalue weighted by molar-refractivity contribution is 5.97. The molecule has 9 nitrogen and oxygen atoms in total. The molecule has 0 saturated carbocycles. The van der Waals surface area contributed by atoms with Gasteiger partial charge in [-0.1, -0.05) is 24.3 Å². The predicted octanol–water partition coefficient (Wildman–Crippen LogP) is 2.63. The van der Waals surface area contributed by atoms with Gasteiger partial charge in [-0.3, -0.25) is 9.59 Å². The SMILES string of the molecule is Cc1cc(CNC(=O)c2cc(C(=O)N[C@@H](C)c3ccc(C(=O)O)cc3)nc(N)n2)ccc1F. The molecule has 1 atom stereocenters. The highest BCUT2D eigenvalue weighted by Crippen LogP contribution is 2.15. The van der Waals surface area contributed by atoms with Crippen LogP contribution in [0.4, 0.5) is 10.3 Å². The Morgan fingerprint density at radius 3 is 2.27 bits per heavy atom. The van der Waals surface area contributed by atoms with E-state index in [0.29, 0.717) is 16.7 Å². The van der Waals surface area contributed by atoms with Crippen LogP contribution in [-0.2, 0) is 6.54 Å². The standard InChI is InChI=1S/C23H22FN5O4/c1-12-9-14(3-8-17(12)24)11-26-20(30)18-10-19(29-23(25)28-18)21(31)27-13(2)15-4-6-16(7-5-15)22(32)33/h3-10,13H,11H2,1-2H3,(H,26,30)(H,27,31)(H,32,33)(H2,25,28,29)/t13-/m0/s1. The second-order valence-electron chi connectivity index (χ2n) is 7.39. The molecule has 170 valence electrons. The summed E-state index contributed by atoms with van der Waals surface area (Å²) in [6, 6.07) is 11.3. The Kier molecular flexibility index (Phi) is 6.97. The molecule has 0 radical (unpaired) electrons. The molecule has 0 spiro atoms. The van der Waals surface area contributed by atoms with Crippen LogP contribution in [0.3, 0.4) is 0 Å². The Morgan fingerprint density at radius 2 is 1.67 bits per heavy atom. The Morgan fingerprint density at radius 1 is 1.03 bits per heavy atom. The number of amides is 2. The van der Waals surface area contributed by atoms with E-state index in [9.17, 15) is 18.8 Å². The fourth-order valence-electron chi connectivity index (χ4n) is 3.06. The van der Waals surface area contributed by atoms with E-state index in [1.807, 2.05) is 0 Å². The maximum atomic E-state index is 13.4. The molecule has 10 heteroatoms. The zero-order valence-corrected chi connectivity index (χ0v) is 17.9. The van der Waals surface area contributed by atoms with E-state index in [1.165, 1.54) is 24.3 Å². The number of carboxylic acid groups (broad SMARTS) is 1. The fourth-order valence-corrected chi connectivity index (χ4v) is 3.06. The Bertz CT molecular complexity index is 1210. The van der Waals surface area contributed by atoms with Crippen LogP contribution in [0.1, 0.15) is 61.0 Å². The zero-order chi connectivity index (χ0) is 24.1. The number of nitrogens with two attached hydrogens (primary N) is 1. The van der Waals surface area contributed by atoms with E-state index in [-0.39, 0.29) is 35.3 Å². The molecule has 0 aliphatic rings. The molecule has 0 bridgehead atoms. The molecule has 3 aromatic rings. The lowest BCUT2D eigenvalue weighted by Crippen LogP contribution is -2.29. The zero-order valence-electron chi connectivity index (χ0n) is 17.9. The van der Waals surface area contributed by atoms with Gasteiger partial charge in [-0.2, -0.15) is 0 Å². The lowest BCUT2D eigenvalue weighted by Gasteiger charge is -2.15. The van der Waals surface area contributed by atoms with Gasteiger partial charge in [-0.25, -0.2) is 19.2 Å². The van der Waals surface area contributed by atoms with Gasteiger partial charge in [0.2, 0.25) is 5.95 Å². The molecule has 5 N–H and O–H groups in total. The van der Waals surface area contributed by atoms with Crippen molar-refractivity contribution in [2.75, 3.05) is 5.73 Å². The van der Waals surface area contributed by atoms with Crippen LogP contribution < -0.4 is 16.4 Å². The number of carbonyl (C=O) groups excluding carboxylic acids is 2. The number of rotatable bonds is 7. The quantitative estimate of drug-likeness (QED) is 0.432. The van der Waals surface area contributed by atoms with Crippen molar-refractivity contribution in [2.24, 2.45) is 0 Å². The van der Waals surface area contributed by atoms with Crippen molar-refractivity contribution in [3.05, 3.63) is 88.0 Å². The molecule has 0 aliphatic heterocycles. The van der Waals surface area contributed by atoms with Crippen molar-refractivity contribution in [1.82, 2.24) is 20.6 Å². The van der Waals surface area contributed by atoms with E-state index in [1.54, 1.807) is 38.1 Å². The van der Waals surface area contributed by atoms with Gasteiger partial charge in [0.25, 0.3) is 11.8 Å². The Hall–Kier alpha value is -4.34. The van der Waals surface area contributed by atoms with Crippen LogP contribution in [0.2, 0.25) is 0 Å². The number of nitrogen functional groups attached to an aromatic ring is 1. The third kappa shape index (κ3) is 5.88. The first kappa shape index (κ1) is 23.3. The Balaban J connectivity index is 1.69. The van der Waals surface area contributed by atoms with Gasteiger partial charge < -0.3 is 21.5 Å². The topological polar surface area (TPSA) is 147 Å². The number of aryl methyl sites for hydroxylation is 1. The number of aromatic nitrogens is 2. The smallest absolute Gasteiger partial charge is 0.335 e. The van der Waals surface area contributed by atoms with Crippen LogP contribution in [0, 0.1) is 12.7 Å². The summed E-state index contributed by atoms with van der Waals surface area (Å²) in [5.41, 5.74) is 7.47. The summed E-state index contributed by atoms with van der Waals surface area (Å²) < 4.78 is 13.4. The van der Waals surface area contributed by atoms with Gasteiger partial charge in [0.15, 0.2) is 0 Å². The molecule has 2 aromatic carbocycles. The van der Waals surface area contributed by atoms with Crippen LogP contribution in [-0.4, -0.2) is 32.9 Å². The van der Waals surface area contributed by atoms with Crippen molar-refractivity contribution >= 4 is 23.7 Å². The van der Waals surface area contributed by atoms with E-state index in [0.717, 1.165) is 0 Å². The molecular weight excluding hydrogens is 429 g/mol. The number of aromatic carboxylic acids is 1. The van der Waals surface area contributed by atoms with Crippen LogP contribution in [0.25, 0.3) is 0 Å². The first-order valence-corrected chi connectivity index (χ1v) is 9.96. The minimum atomic E-state index is -1.05. The number of hydrogen-bond donors (Lipinski definition) is 4. The van der Waals surface area contributed by atoms with Gasteiger partial charge >= 0.3 is 5.97 Å². The Labute approximate surface area is 188 Å². The van der Waals surface area contributed by atoms with Crippen molar-refractivity contribution in [3.63, 3.8) is 0 Å². The minimum absolute atomic E-state index is 0.0926. The average Bonchev–Trinajstić information content (AvgIpc) is 2.79. The molecule has 33 heavy (non-hydrogen) atoms. The van der Waals surface area contributed by atoms with Crippen molar-refractivity contribution in [1.29, 1.82) is 0 Å². The van der Waals surface area contributed by atoms with Gasteiger partial charge in [0.05, 0.1) is 11.6 Å². The highest BCUT2D eigenvalue weighted by atomic mass is 19.1. The first-order chi connectivity index (χ1) is 15.6. The number of carbonyl (C=O) groups is 3. The third-order valence-corrected chi connectivity index (χ3v) is 4.89. The molecule has 1 heterocycles. The molecule has 0 unspecified atom stereocenters. The number of anilines is 1. The number of nitrogens with zero attached hydrogens (tertiary/aromatic N) is 2. The second kappa shape index (κ2) is 9.86. The summed E-state index contributed by atoms with van der Waals surface area (Å²) in [6.07, 6.45) is 0. The number of carboxylic acids is 1. The van der Waals surface area contributed by atoms with E-state index in [4.69, 9.17) is 10.8 Å². The third-order valence-electron chi connectivity index (χ3n) is 4.89. The summed E-state index contributed by atoms with van der Waals surface area (Å²) in [6.45, 7) is 3.48.